The monoisotopic (exact) mass is 466 g/mol. The molecule has 0 radical (unpaired) electrons. The van der Waals surface area contributed by atoms with E-state index in [1.165, 1.54) is 11.8 Å². The highest BCUT2D eigenvalue weighted by Gasteiger charge is 2.22. The molecule has 0 bridgehead atoms. The van der Waals surface area contributed by atoms with Crippen molar-refractivity contribution in [1.29, 1.82) is 0 Å². The number of ether oxygens (including phenoxy) is 2. The van der Waals surface area contributed by atoms with Gasteiger partial charge in [-0.2, -0.15) is 0 Å². The molecule has 4 heterocycles. The third-order valence-corrected chi connectivity index (χ3v) is 6.92. The molecule has 0 aliphatic carbocycles. The molecular formula is C24H26N4O4S. The van der Waals surface area contributed by atoms with Crippen LogP contribution in [0.3, 0.4) is 0 Å². The first-order valence-electron chi connectivity index (χ1n) is 11.2. The molecule has 2 aliphatic heterocycles. The van der Waals surface area contributed by atoms with Gasteiger partial charge in [-0.3, -0.25) is 9.59 Å². The van der Waals surface area contributed by atoms with Crippen LogP contribution in [0.4, 0.5) is 0 Å². The number of likely N-dealkylation sites (tertiary alicyclic amines) is 1. The molecule has 2 aromatic heterocycles. The maximum atomic E-state index is 12.8. The Morgan fingerprint density at radius 1 is 1.12 bits per heavy atom. The first kappa shape index (κ1) is 21.6. The summed E-state index contributed by atoms with van der Waals surface area (Å²) < 4.78 is 13.4. The minimum absolute atomic E-state index is 0.0372. The first-order valence-corrected chi connectivity index (χ1v) is 12.2. The van der Waals surface area contributed by atoms with Gasteiger partial charge < -0.3 is 23.9 Å². The van der Waals surface area contributed by atoms with E-state index in [1.54, 1.807) is 12.3 Å². The molecule has 0 spiro atoms. The van der Waals surface area contributed by atoms with Gasteiger partial charge in [0, 0.05) is 37.0 Å². The first-order chi connectivity index (χ1) is 16.1. The number of nitrogens with one attached hydrogen (secondary N) is 1. The maximum Gasteiger partial charge on any atom is 0.270 e. The number of H-pyrrole nitrogens is 1. The number of benzene rings is 1. The predicted molar refractivity (Wildman–Crippen MR) is 125 cm³/mol. The number of rotatable bonds is 7. The highest BCUT2D eigenvalue weighted by molar-refractivity contribution is 7.99. The summed E-state index contributed by atoms with van der Waals surface area (Å²) in [6.45, 7) is 5.43. The second kappa shape index (κ2) is 9.35. The summed E-state index contributed by atoms with van der Waals surface area (Å²) in [5, 5.41) is 0.777. The van der Waals surface area contributed by atoms with Gasteiger partial charge >= 0.3 is 0 Å². The molecule has 1 amide bonds. The summed E-state index contributed by atoms with van der Waals surface area (Å²) in [6.07, 6.45) is 5.52. The van der Waals surface area contributed by atoms with Gasteiger partial charge in [0.25, 0.3) is 5.91 Å². The van der Waals surface area contributed by atoms with Gasteiger partial charge in [0.2, 0.25) is 0 Å². The molecular weight excluding hydrogens is 440 g/mol. The molecule has 8 nitrogen and oxygen atoms in total. The number of imidazole rings is 1. The van der Waals surface area contributed by atoms with Crippen LogP contribution in [0.15, 0.2) is 41.8 Å². The van der Waals surface area contributed by atoms with Gasteiger partial charge in [0.05, 0.1) is 17.6 Å². The zero-order valence-corrected chi connectivity index (χ0v) is 19.3. The smallest absolute Gasteiger partial charge is 0.270 e. The molecule has 0 unspecified atom stereocenters. The third kappa shape index (κ3) is 4.37. The van der Waals surface area contributed by atoms with E-state index in [-0.39, 0.29) is 17.4 Å². The quantitative estimate of drug-likeness (QED) is 0.420. The van der Waals surface area contributed by atoms with Crippen molar-refractivity contribution in [3.63, 3.8) is 0 Å². The largest absolute Gasteiger partial charge is 0.486 e. The molecule has 3 aromatic rings. The molecule has 1 fully saturated rings. The van der Waals surface area contributed by atoms with Crippen molar-refractivity contribution in [3.8, 4) is 22.8 Å². The molecule has 5 rings (SSSR count). The Morgan fingerprint density at radius 2 is 1.91 bits per heavy atom. The normalized spacial score (nSPS) is 15.1. The second-order valence-corrected chi connectivity index (χ2v) is 8.98. The van der Waals surface area contributed by atoms with Gasteiger partial charge in [-0.1, -0.05) is 11.8 Å². The molecule has 33 heavy (non-hydrogen) atoms. The number of aromatic nitrogens is 3. The number of aromatic amines is 1. The number of carbonyl (C=O) groups excluding carboxylic acids is 2. The summed E-state index contributed by atoms with van der Waals surface area (Å²) >= 11 is 1.40. The van der Waals surface area contributed by atoms with E-state index in [0.29, 0.717) is 24.5 Å². The number of amides is 1. The van der Waals surface area contributed by atoms with Crippen LogP contribution in [0.5, 0.6) is 11.5 Å². The van der Waals surface area contributed by atoms with Crippen molar-refractivity contribution >= 4 is 23.5 Å². The van der Waals surface area contributed by atoms with E-state index in [4.69, 9.17) is 9.47 Å². The number of thioether (sulfide) groups is 1. The van der Waals surface area contributed by atoms with E-state index in [2.05, 4.69) is 21.5 Å². The average Bonchev–Trinajstić information content (AvgIpc) is 3.62. The Morgan fingerprint density at radius 3 is 2.70 bits per heavy atom. The van der Waals surface area contributed by atoms with Gasteiger partial charge in [-0.15, -0.1) is 0 Å². The van der Waals surface area contributed by atoms with Crippen LogP contribution in [0.2, 0.25) is 0 Å². The van der Waals surface area contributed by atoms with Crippen LogP contribution in [0.1, 0.15) is 40.6 Å². The molecule has 1 N–H and O–H groups in total. The molecule has 2 aliphatic rings. The third-order valence-electron chi connectivity index (χ3n) is 5.93. The number of carbonyl (C=O) groups is 2. The lowest BCUT2D eigenvalue weighted by atomic mass is 10.1. The van der Waals surface area contributed by atoms with Crippen molar-refractivity contribution in [1.82, 2.24) is 19.4 Å². The Bertz CT molecular complexity index is 1180. The van der Waals surface area contributed by atoms with Crippen molar-refractivity contribution in [2.45, 2.75) is 31.5 Å². The highest BCUT2D eigenvalue weighted by Crippen LogP contribution is 2.35. The fourth-order valence-corrected chi connectivity index (χ4v) is 5.13. The fraction of sp³-hybridized carbons (Fsp3) is 0.375. The number of fused-ring (bicyclic) bond motifs is 1. The lowest BCUT2D eigenvalue weighted by Crippen LogP contribution is -2.27. The number of ketones is 1. The topological polar surface area (TPSA) is 89.5 Å². The highest BCUT2D eigenvalue weighted by atomic mass is 32.2. The van der Waals surface area contributed by atoms with Crippen molar-refractivity contribution < 1.29 is 19.1 Å². The summed E-state index contributed by atoms with van der Waals surface area (Å²) in [5.74, 6) is 1.65. The minimum Gasteiger partial charge on any atom is -0.486 e. The number of nitrogens with zero attached hydrogens (tertiary/aromatic N) is 3. The minimum atomic E-state index is -0.0387. The fourth-order valence-electron chi connectivity index (χ4n) is 4.20. The van der Waals surface area contributed by atoms with E-state index < -0.39 is 0 Å². The average molecular weight is 467 g/mol. The Kier molecular flexibility index (Phi) is 6.13. The van der Waals surface area contributed by atoms with Crippen LogP contribution >= 0.6 is 11.8 Å². The number of Topliss-reactive ketones (excluding diaryl/α,β-unsaturated/α-hetero) is 1. The summed E-state index contributed by atoms with van der Waals surface area (Å²) in [4.78, 5) is 34.7. The van der Waals surface area contributed by atoms with Crippen molar-refractivity contribution in [2.24, 2.45) is 0 Å². The molecule has 1 aromatic carbocycles. The molecule has 172 valence electrons. The second-order valence-electron chi connectivity index (χ2n) is 8.04. The standard InChI is InChI=1S/C24H26N4O4S/c1-2-28-19(16-5-6-21-22(12-16)32-10-9-31-21)14-26-24(28)33-15-20(29)17-11-18(25-13-17)23(30)27-7-3-4-8-27/h5-6,11-14,25H,2-4,7-10,15H2,1H3. The molecule has 1 saturated heterocycles. The van der Waals surface area contributed by atoms with E-state index in [0.717, 1.165) is 60.4 Å². The van der Waals surface area contributed by atoms with Crippen LogP contribution in [0, 0.1) is 0 Å². The van der Waals surface area contributed by atoms with Gasteiger partial charge in [-0.25, -0.2) is 4.98 Å². The zero-order valence-electron chi connectivity index (χ0n) is 18.5. The van der Waals surface area contributed by atoms with Gasteiger partial charge in [0.1, 0.15) is 18.9 Å². The van der Waals surface area contributed by atoms with Gasteiger partial charge in [0.15, 0.2) is 22.4 Å². The van der Waals surface area contributed by atoms with E-state index in [9.17, 15) is 9.59 Å². The predicted octanol–water partition coefficient (Wildman–Crippen LogP) is 3.88. The zero-order chi connectivity index (χ0) is 22.8. The van der Waals surface area contributed by atoms with Crippen molar-refractivity contribution in [3.05, 3.63) is 47.9 Å². The van der Waals surface area contributed by atoms with Crippen LogP contribution in [-0.4, -0.2) is 63.2 Å². The number of hydrogen-bond donors (Lipinski definition) is 1. The lowest BCUT2D eigenvalue weighted by molar-refractivity contribution is 0.0787. The molecule has 9 heteroatoms. The van der Waals surface area contributed by atoms with Gasteiger partial charge in [-0.05, 0) is 44.0 Å². The summed E-state index contributed by atoms with van der Waals surface area (Å²) in [5.41, 5.74) is 2.94. The van der Waals surface area contributed by atoms with Crippen LogP contribution < -0.4 is 9.47 Å². The SMILES string of the molecule is CCn1c(-c2ccc3c(c2)OCCO3)cnc1SCC(=O)c1c[nH]c(C(=O)N2CCCC2)c1. The Balaban J connectivity index is 1.27. The lowest BCUT2D eigenvalue weighted by Gasteiger charge is -2.19. The van der Waals surface area contributed by atoms with Crippen LogP contribution in [-0.2, 0) is 6.54 Å². The van der Waals surface area contributed by atoms with E-state index in [1.807, 2.05) is 29.3 Å². The summed E-state index contributed by atoms with van der Waals surface area (Å²) in [7, 11) is 0. The number of hydrogen-bond acceptors (Lipinski definition) is 6. The van der Waals surface area contributed by atoms with Crippen molar-refractivity contribution in [2.75, 3.05) is 32.1 Å². The molecule has 0 atom stereocenters. The van der Waals surface area contributed by atoms with Crippen LogP contribution in [0.25, 0.3) is 11.3 Å². The Hall–Kier alpha value is -3.20. The maximum absolute atomic E-state index is 12.8. The molecule has 0 saturated carbocycles. The summed E-state index contributed by atoms with van der Waals surface area (Å²) in [6, 6.07) is 7.54. The van der Waals surface area contributed by atoms with E-state index >= 15 is 0 Å². The Labute approximate surface area is 196 Å².